The smallest absolute Gasteiger partial charge is 0.416 e. The molecule has 0 aliphatic heterocycles. The topological polar surface area (TPSA) is 46.3 Å². The summed E-state index contributed by atoms with van der Waals surface area (Å²) >= 11 is 1.50. The van der Waals surface area contributed by atoms with Crippen LogP contribution in [0.2, 0.25) is 0 Å². The molecule has 2 aromatic carbocycles. The van der Waals surface area contributed by atoms with Gasteiger partial charge in [0.05, 0.1) is 17.0 Å². The van der Waals surface area contributed by atoms with E-state index in [1.807, 2.05) is 19.1 Å². The Balaban J connectivity index is 1.42. The van der Waals surface area contributed by atoms with Crippen LogP contribution in [0.4, 0.5) is 13.2 Å². The van der Waals surface area contributed by atoms with Gasteiger partial charge in [-0.25, -0.2) is 4.98 Å². The van der Waals surface area contributed by atoms with E-state index in [4.69, 9.17) is 4.42 Å². The summed E-state index contributed by atoms with van der Waals surface area (Å²) in [6, 6.07) is 13.4. The highest BCUT2D eigenvalue weighted by Gasteiger charge is 2.29. The van der Waals surface area contributed by atoms with E-state index in [2.05, 4.69) is 35.9 Å². The summed E-state index contributed by atoms with van der Waals surface area (Å²) in [5, 5.41) is 0. The molecule has 0 fully saturated rings. The minimum Gasteiger partial charge on any atom is -0.441 e. The fourth-order valence-corrected chi connectivity index (χ4v) is 4.76. The Morgan fingerprint density at radius 1 is 1.00 bits per heavy atom. The molecule has 0 spiro atoms. The molecular formula is C28H33F3N2O2S. The molecule has 0 amide bonds. The summed E-state index contributed by atoms with van der Waals surface area (Å²) < 4.78 is 43.8. The maximum Gasteiger partial charge on any atom is 0.416 e. The van der Waals surface area contributed by atoms with E-state index in [1.54, 1.807) is 0 Å². The number of nitrogens with zero attached hydrogens (tertiary/aromatic N) is 2. The van der Waals surface area contributed by atoms with Crippen molar-refractivity contribution >= 4 is 17.5 Å². The number of Topliss-reactive ketones (excluding diaryl/α,β-unsaturated/α-hetero) is 1. The average molecular weight is 519 g/mol. The molecule has 0 radical (unpaired) electrons. The van der Waals surface area contributed by atoms with Crippen molar-refractivity contribution in [2.75, 3.05) is 18.8 Å². The number of oxazole rings is 1. The van der Waals surface area contributed by atoms with E-state index < -0.39 is 11.7 Å². The van der Waals surface area contributed by atoms with Gasteiger partial charge < -0.3 is 4.42 Å². The first-order valence-corrected chi connectivity index (χ1v) is 13.4. The number of aryl methyl sites for hydroxylation is 2. The second-order valence-electron chi connectivity index (χ2n) is 8.76. The van der Waals surface area contributed by atoms with E-state index in [1.165, 1.54) is 29.5 Å². The average Bonchev–Trinajstić information content (AvgIpc) is 3.23. The number of hydrogen-bond donors (Lipinski definition) is 0. The molecule has 0 unspecified atom stereocenters. The van der Waals surface area contributed by atoms with Crippen LogP contribution in [0.1, 0.15) is 54.8 Å². The maximum absolute atomic E-state index is 12.6. The van der Waals surface area contributed by atoms with Gasteiger partial charge in [0, 0.05) is 24.3 Å². The lowest BCUT2D eigenvalue weighted by Gasteiger charge is -2.17. The van der Waals surface area contributed by atoms with Crippen LogP contribution in [0, 0.1) is 6.92 Å². The number of ketones is 1. The van der Waals surface area contributed by atoms with Gasteiger partial charge in [0.2, 0.25) is 5.89 Å². The van der Waals surface area contributed by atoms with Gasteiger partial charge in [0.25, 0.3) is 0 Å². The summed E-state index contributed by atoms with van der Waals surface area (Å²) in [5.41, 5.74) is 3.16. The van der Waals surface area contributed by atoms with Crippen molar-refractivity contribution in [3.05, 3.63) is 76.7 Å². The lowest BCUT2D eigenvalue weighted by Crippen LogP contribution is -2.21. The van der Waals surface area contributed by atoms with Crippen molar-refractivity contribution in [3.63, 3.8) is 0 Å². The van der Waals surface area contributed by atoms with Crippen molar-refractivity contribution in [1.82, 2.24) is 9.88 Å². The van der Waals surface area contributed by atoms with Crippen molar-refractivity contribution in [3.8, 4) is 11.5 Å². The zero-order chi connectivity index (χ0) is 26.1. The van der Waals surface area contributed by atoms with Gasteiger partial charge in [-0.15, -0.1) is 11.8 Å². The molecule has 0 saturated heterocycles. The minimum absolute atomic E-state index is 0.122. The number of alkyl halides is 3. The minimum atomic E-state index is -4.33. The van der Waals surface area contributed by atoms with Crippen LogP contribution >= 0.6 is 11.8 Å². The van der Waals surface area contributed by atoms with Gasteiger partial charge in [-0.1, -0.05) is 38.1 Å². The van der Waals surface area contributed by atoms with Crippen molar-refractivity contribution in [1.29, 1.82) is 0 Å². The summed E-state index contributed by atoms with van der Waals surface area (Å²) in [4.78, 5) is 19.2. The van der Waals surface area contributed by atoms with Gasteiger partial charge in [0.15, 0.2) is 0 Å². The third-order valence-electron chi connectivity index (χ3n) is 6.10. The van der Waals surface area contributed by atoms with Crippen LogP contribution in [0.25, 0.3) is 11.5 Å². The molecule has 0 bridgehead atoms. The van der Waals surface area contributed by atoms with Gasteiger partial charge in [-0.05, 0) is 68.2 Å². The van der Waals surface area contributed by atoms with Crippen molar-refractivity contribution in [2.24, 2.45) is 0 Å². The van der Waals surface area contributed by atoms with E-state index in [0.29, 0.717) is 36.7 Å². The second kappa shape index (κ2) is 13.1. The molecule has 0 atom stereocenters. The van der Waals surface area contributed by atoms with Crippen LogP contribution in [-0.4, -0.2) is 34.5 Å². The van der Waals surface area contributed by atoms with Crippen molar-refractivity contribution in [2.45, 2.75) is 58.5 Å². The van der Waals surface area contributed by atoms with Crippen LogP contribution in [0.5, 0.6) is 0 Å². The van der Waals surface area contributed by atoms with E-state index in [9.17, 15) is 18.0 Å². The van der Waals surface area contributed by atoms with Gasteiger partial charge in [-0.3, -0.25) is 9.69 Å². The molecule has 194 valence electrons. The monoisotopic (exact) mass is 518 g/mol. The van der Waals surface area contributed by atoms with E-state index in [0.717, 1.165) is 54.3 Å². The molecule has 4 nitrogen and oxygen atoms in total. The zero-order valence-corrected chi connectivity index (χ0v) is 21.8. The lowest BCUT2D eigenvalue weighted by atomic mass is 10.0. The predicted molar refractivity (Wildman–Crippen MR) is 139 cm³/mol. The van der Waals surface area contributed by atoms with Gasteiger partial charge in [-0.2, -0.15) is 13.2 Å². The number of hydrogen-bond acceptors (Lipinski definition) is 5. The Morgan fingerprint density at radius 3 is 2.25 bits per heavy atom. The maximum atomic E-state index is 12.6. The quantitative estimate of drug-likeness (QED) is 0.237. The SMILES string of the molecule is CCN(CC)Cc1ccc(-c2nc(CSCC(=O)CCCc3ccc(C(F)(F)F)cc3)c(C)o2)cc1. The standard InChI is InChI=1S/C28H33F3N2O2S/c1-4-33(5-2)17-22-9-13-23(14-10-22)27-32-26(20(3)35-27)19-36-18-25(34)8-6-7-21-11-15-24(16-12-21)28(29,30)31/h9-16H,4-8,17-19H2,1-3H3. The molecular weight excluding hydrogens is 485 g/mol. The molecule has 1 heterocycles. The molecule has 0 aliphatic rings. The Bertz CT molecular complexity index is 1110. The van der Waals surface area contributed by atoms with E-state index in [-0.39, 0.29) is 5.78 Å². The third kappa shape index (κ3) is 8.23. The first-order chi connectivity index (χ1) is 17.2. The normalized spacial score (nSPS) is 11.9. The zero-order valence-electron chi connectivity index (χ0n) is 21.0. The summed E-state index contributed by atoms with van der Waals surface area (Å²) in [5.74, 6) is 2.41. The predicted octanol–water partition coefficient (Wildman–Crippen LogP) is 7.34. The van der Waals surface area contributed by atoms with Crippen LogP contribution in [-0.2, 0) is 29.7 Å². The number of aromatic nitrogens is 1. The lowest BCUT2D eigenvalue weighted by molar-refractivity contribution is -0.137. The second-order valence-corrected chi connectivity index (χ2v) is 9.75. The summed E-state index contributed by atoms with van der Waals surface area (Å²) in [7, 11) is 0. The Morgan fingerprint density at radius 2 is 1.64 bits per heavy atom. The molecule has 3 aromatic rings. The number of thioether (sulfide) groups is 1. The largest absolute Gasteiger partial charge is 0.441 e. The number of rotatable bonds is 13. The van der Waals surface area contributed by atoms with Crippen LogP contribution in [0.3, 0.4) is 0 Å². The molecule has 0 saturated carbocycles. The molecule has 3 rings (SSSR count). The number of carbonyl (C=O) groups is 1. The van der Waals surface area contributed by atoms with Crippen molar-refractivity contribution < 1.29 is 22.4 Å². The number of benzene rings is 2. The Hall–Kier alpha value is -2.58. The van der Waals surface area contributed by atoms with Gasteiger partial charge in [0.1, 0.15) is 11.5 Å². The molecule has 0 N–H and O–H groups in total. The first-order valence-electron chi connectivity index (χ1n) is 12.2. The molecule has 0 aliphatic carbocycles. The van der Waals surface area contributed by atoms with Crippen LogP contribution in [0.15, 0.2) is 52.9 Å². The molecule has 36 heavy (non-hydrogen) atoms. The highest BCUT2D eigenvalue weighted by Crippen LogP contribution is 2.29. The highest BCUT2D eigenvalue weighted by atomic mass is 32.2. The summed E-state index contributed by atoms with van der Waals surface area (Å²) in [6.07, 6.45) is -2.74. The Kier molecular flexibility index (Phi) is 10.2. The first kappa shape index (κ1) is 28.0. The Labute approximate surface area is 215 Å². The number of carbonyl (C=O) groups excluding carboxylic acids is 1. The van der Waals surface area contributed by atoms with Gasteiger partial charge >= 0.3 is 6.18 Å². The van der Waals surface area contributed by atoms with E-state index >= 15 is 0 Å². The highest BCUT2D eigenvalue weighted by molar-refractivity contribution is 7.99. The summed E-state index contributed by atoms with van der Waals surface area (Å²) in [6.45, 7) is 9.14. The molecule has 8 heteroatoms. The van der Waals surface area contributed by atoms with Crippen LogP contribution < -0.4 is 0 Å². The fourth-order valence-electron chi connectivity index (χ4n) is 3.83. The number of halogens is 3. The fraction of sp³-hybridized carbons (Fsp3) is 0.429. The molecule has 1 aromatic heterocycles. The third-order valence-corrected chi connectivity index (χ3v) is 7.10.